The monoisotopic (exact) mass is 771 g/mol. The van der Waals surface area contributed by atoms with Gasteiger partial charge in [0.15, 0.2) is 12.5 Å². The summed E-state index contributed by atoms with van der Waals surface area (Å²) in [6.45, 7) is 15.0. The summed E-state index contributed by atoms with van der Waals surface area (Å²) in [6.07, 6.45) is 43.3. The molecule has 0 amide bonds. The fourth-order valence-corrected chi connectivity index (χ4v) is 8.42. The maximum atomic E-state index is 6.78. The Kier molecular flexibility index (Phi) is 33.5. The van der Waals surface area contributed by atoms with Gasteiger partial charge in [-0.3, -0.25) is 9.80 Å². The van der Waals surface area contributed by atoms with E-state index in [1.54, 1.807) is 0 Å². The molecule has 0 N–H and O–H groups in total. The van der Waals surface area contributed by atoms with Gasteiger partial charge < -0.3 is 14.2 Å². The number of hydrogen-bond acceptors (Lipinski definition) is 5. The number of ether oxygens (including phenoxy) is 3. The van der Waals surface area contributed by atoms with Crippen molar-refractivity contribution in [1.82, 2.24) is 9.80 Å². The van der Waals surface area contributed by atoms with Crippen LogP contribution in [0.5, 0.6) is 11.5 Å². The van der Waals surface area contributed by atoms with Gasteiger partial charge in [-0.25, -0.2) is 0 Å². The summed E-state index contributed by atoms with van der Waals surface area (Å²) in [6, 6.07) is 8.48. The highest BCUT2D eigenvalue weighted by Gasteiger charge is 2.22. The summed E-state index contributed by atoms with van der Waals surface area (Å²) in [4.78, 5) is 5.11. The largest absolute Gasteiger partial charge is 0.475 e. The van der Waals surface area contributed by atoms with E-state index >= 15 is 0 Å². The smallest absolute Gasteiger partial charge is 0.152 e. The van der Waals surface area contributed by atoms with Crippen LogP contribution in [0.1, 0.15) is 233 Å². The third kappa shape index (κ3) is 27.1. The second kappa shape index (κ2) is 37.0. The summed E-state index contributed by atoms with van der Waals surface area (Å²) in [5.74, 6) is 1.85. The van der Waals surface area contributed by atoms with Gasteiger partial charge in [-0.2, -0.15) is 0 Å². The van der Waals surface area contributed by atoms with Crippen LogP contribution in [-0.2, 0) is 4.74 Å². The molecule has 0 saturated carbocycles. The van der Waals surface area contributed by atoms with Gasteiger partial charge in [0.25, 0.3) is 0 Å². The average Bonchev–Trinajstić information content (AvgIpc) is 3.20. The highest BCUT2D eigenvalue weighted by Crippen LogP contribution is 2.26. The van der Waals surface area contributed by atoms with E-state index < -0.39 is 0 Å². The molecule has 5 heteroatoms. The van der Waals surface area contributed by atoms with Gasteiger partial charge >= 0.3 is 0 Å². The summed E-state index contributed by atoms with van der Waals surface area (Å²) >= 11 is 0. The molecule has 0 radical (unpaired) electrons. The van der Waals surface area contributed by atoms with Crippen LogP contribution in [0.15, 0.2) is 24.3 Å². The van der Waals surface area contributed by atoms with Gasteiger partial charge in [0, 0.05) is 45.2 Å². The Bertz CT molecular complexity index is 874. The molecule has 1 aromatic carbocycles. The molecule has 322 valence electrons. The Morgan fingerprint density at radius 3 is 1.05 bits per heavy atom. The quantitative estimate of drug-likeness (QED) is 0.0652. The van der Waals surface area contributed by atoms with Crippen molar-refractivity contribution in [3.63, 3.8) is 0 Å². The molecule has 0 saturated heterocycles. The third-order valence-corrected chi connectivity index (χ3v) is 12.1. The lowest BCUT2D eigenvalue weighted by molar-refractivity contribution is 0.000334. The van der Waals surface area contributed by atoms with Crippen molar-refractivity contribution in [2.45, 2.75) is 246 Å². The van der Waals surface area contributed by atoms with E-state index in [-0.39, 0.29) is 12.5 Å². The fourth-order valence-electron chi connectivity index (χ4n) is 8.42. The Morgan fingerprint density at radius 2 is 0.745 bits per heavy atom. The Labute approximate surface area is 343 Å². The molecule has 0 aliphatic carbocycles. The third-order valence-electron chi connectivity index (χ3n) is 12.1. The van der Waals surface area contributed by atoms with Gasteiger partial charge in [0.2, 0.25) is 0 Å². The first kappa shape index (κ1) is 49.8. The van der Waals surface area contributed by atoms with Crippen molar-refractivity contribution < 1.29 is 14.2 Å². The number of unbranched alkanes of at least 4 members (excludes halogenated alkanes) is 26. The molecule has 1 aliphatic rings. The molecule has 1 aliphatic heterocycles. The van der Waals surface area contributed by atoms with E-state index in [0.717, 1.165) is 76.6 Å². The van der Waals surface area contributed by atoms with E-state index in [9.17, 15) is 0 Å². The topological polar surface area (TPSA) is 34.2 Å². The minimum atomic E-state index is 0.0667. The number of rotatable bonds is 34. The molecule has 1 aromatic rings. The molecule has 2 rings (SSSR count). The van der Waals surface area contributed by atoms with Crippen molar-refractivity contribution in [2.75, 3.05) is 39.4 Å². The van der Waals surface area contributed by atoms with Crippen LogP contribution in [-0.4, -0.2) is 61.6 Å². The van der Waals surface area contributed by atoms with Crippen molar-refractivity contribution >= 4 is 0 Å². The molecule has 55 heavy (non-hydrogen) atoms. The van der Waals surface area contributed by atoms with Crippen LogP contribution >= 0.6 is 0 Å². The summed E-state index contributed by atoms with van der Waals surface area (Å²) in [7, 11) is 0. The van der Waals surface area contributed by atoms with E-state index in [0.29, 0.717) is 0 Å². The van der Waals surface area contributed by atoms with Crippen LogP contribution < -0.4 is 9.47 Å². The molecule has 2 unspecified atom stereocenters. The molecule has 5 nitrogen and oxygen atoms in total. The van der Waals surface area contributed by atoms with E-state index in [1.807, 2.05) is 0 Å². The molecule has 0 spiro atoms. The van der Waals surface area contributed by atoms with Crippen LogP contribution in [0, 0.1) is 0 Å². The Morgan fingerprint density at radius 1 is 0.436 bits per heavy atom. The lowest BCUT2D eigenvalue weighted by Crippen LogP contribution is -2.41. The number of hydrogen-bond donors (Lipinski definition) is 0. The Balaban J connectivity index is 1.73. The molecule has 0 fully saturated rings. The average molecular weight is 771 g/mol. The molecule has 1 heterocycles. The zero-order valence-corrected chi connectivity index (χ0v) is 37.5. The highest BCUT2D eigenvalue weighted by atomic mass is 16.5. The number of benzene rings is 1. The molecular weight excluding hydrogens is 677 g/mol. The normalized spacial score (nSPS) is 17.0. The zero-order chi connectivity index (χ0) is 39.3. The van der Waals surface area contributed by atoms with Gasteiger partial charge in [0.1, 0.15) is 11.5 Å². The van der Waals surface area contributed by atoms with Gasteiger partial charge in [-0.1, -0.05) is 201 Å². The predicted molar refractivity (Wildman–Crippen MR) is 240 cm³/mol. The SMILES string of the molecule is CCCCCCCCCCCCCCCCN(CC)C1CCCOCCCC(N(CC)CCCCCCCCCCCCCCCC)Oc2cccc(c2)O1. The summed E-state index contributed by atoms with van der Waals surface area (Å²) in [5.41, 5.74) is 0. The first-order chi connectivity index (χ1) is 27.2. The standard InChI is InChI=1S/C50H94N2O3/c1-5-9-11-13-15-17-19-21-23-25-27-29-31-33-42-51(7-3)49-40-36-44-53-45-37-41-50(55-48-39-35-38-47(46-48)54-49)52(8-4)43-34-32-30-28-26-24-22-20-18-16-14-12-10-6-2/h35,38-39,46,49-50H,5-34,36-37,40-45H2,1-4H3. The maximum absolute atomic E-state index is 6.78. The Hall–Kier alpha value is -1.30. The molecule has 2 atom stereocenters. The van der Waals surface area contributed by atoms with Crippen molar-refractivity contribution in [3.8, 4) is 11.5 Å². The van der Waals surface area contributed by atoms with Crippen LogP contribution in [0.3, 0.4) is 0 Å². The highest BCUT2D eigenvalue weighted by molar-refractivity contribution is 5.33. The summed E-state index contributed by atoms with van der Waals surface area (Å²) < 4.78 is 19.7. The molecule has 2 bridgehead atoms. The second-order valence-electron chi connectivity index (χ2n) is 17.0. The summed E-state index contributed by atoms with van der Waals surface area (Å²) in [5, 5.41) is 0. The van der Waals surface area contributed by atoms with Gasteiger partial charge in [0.05, 0.1) is 0 Å². The maximum Gasteiger partial charge on any atom is 0.152 e. The van der Waals surface area contributed by atoms with E-state index in [1.165, 1.54) is 180 Å². The van der Waals surface area contributed by atoms with E-state index in [2.05, 4.69) is 61.8 Å². The van der Waals surface area contributed by atoms with Crippen LogP contribution in [0.2, 0.25) is 0 Å². The molecule has 0 aromatic heterocycles. The van der Waals surface area contributed by atoms with Crippen LogP contribution in [0.4, 0.5) is 0 Å². The second-order valence-corrected chi connectivity index (χ2v) is 17.0. The van der Waals surface area contributed by atoms with Crippen molar-refractivity contribution in [1.29, 1.82) is 0 Å². The van der Waals surface area contributed by atoms with Gasteiger partial charge in [-0.05, 0) is 50.9 Å². The lowest BCUT2D eigenvalue weighted by atomic mass is 10.0. The minimum Gasteiger partial charge on any atom is -0.475 e. The fraction of sp³-hybridized carbons (Fsp3) is 0.880. The molecular formula is C50H94N2O3. The van der Waals surface area contributed by atoms with Crippen LogP contribution in [0.25, 0.3) is 0 Å². The number of nitrogens with zero attached hydrogens (tertiary/aromatic N) is 2. The van der Waals surface area contributed by atoms with Gasteiger partial charge in [-0.15, -0.1) is 0 Å². The number of fused-ring (bicyclic) bond motifs is 2. The predicted octanol–water partition coefficient (Wildman–Crippen LogP) is 15.3. The minimum absolute atomic E-state index is 0.0667. The zero-order valence-electron chi connectivity index (χ0n) is 37.5. The first-order valence-electron chi connectivity index (χ1n) is 24.7. The first-order valence-corrected chi connectivity index (χ1v) is 24.7. The lowest BCUT2D eigenvalue weighted by Gasteiger charge is -2.33. The van der Waals surface area contributed by atoms with Crippen molar-refractivity contribution in [3.05, 3.63) is 24.3 Å². The van der Waals surface area contributed by atoms with E-state index in [4.69, 9.17) is 14.2 Å². The van der Waals surface area contributed by atoms with Crippen molar-refractivity contribution in [2.24, 2.45) is 0 Å².